The Labute approximate surface area is 151 Å². The molecule has 0 amide bonds. The third-order valence-electron chi connectivity index (χ3n) is 3.83. The zero-order chi connectivity index (χ0) is 18.0. The molecule has 2 aromatic carbocycles. The largest absolute Gasteiger partial charge is 0.250 e. The summed E-state index contributed by atoms with van der Waals surface area (Å²) in [6.45, 7) is 6.50. The highest BCUT2D eigenvalue weighted by atomic mass is 32.1. The Morgan fingerprint density at radius 2 is 1.88 bits per heavy atom. The minimum Gasteiger partial charge on any atom is -0.250 e. The summed E-state index contributed by atoms with van der Waals surface area (Å²) in [6, 6.07) is 14.4. The number of hydrogen-bond donors (Lipinski definition) is 1. The first kappa shape index (κ1) is 17.2. The fourth-order valence-corrected chi connectivity index (χ4v) is 2.60. The zero-order valence-corrected chi connectivity index (χ0v) is 15.1. The number of H-pyrrole nitrogens is 1. The van der Waals surface area contributed by atoms with Crippen molar-refractivity contribution in [2.24, 2.45) is 5.10 Å². The van der Waals surface area contributed by atoms with Gasteiger partial charge in [0.15, 0.2) is 5.82 Å². The standard InChI is InChI=1S/C19H19FN4S/c1-19(2,3)15-9-7-14(8-10-15)17-22-23-18(25)24(17)21-12-13-5-4-6-16(20)11-13/h4-12H,1-3H3,(H,23,25)/b21-12+. The maximum absolute atomic E-state index is 13.3. The van der Waals surface area contributed by atoms with Crippen LogP contribution < -0.4 is 0 Å². The van der Waals surface area contributed by atoms with Crippen molar-refractivity contribution in [1.82, 2.24) is 14.9 Å². The molecule has 3 aromatic rings. The molecule has 0 unspecified atom stereocenters. The lowest BCUT2D eigenvalue weighted by Gasteiger charge is -2.18. The Morgan fingerprint density at radius 1 is 1.16 bits per heavy atom. The monoisotopic (exact) mass is 354 g/mol. The summed E-state index contributed by atoms with van der Waals surface area (Å²) < 4.78 is 15.2. The number of rotatable bonds is 3. The number of nitrogens with one attached hydrogen (secondary N) is 1. The number of hydrogen-bond acceptors (Lipinski definition) is 3. The van der Waals surface area contributed by atoms with Crippen molar-refractivity contribution in [2.75, 3.05) is 0 Å². The highest BCUT2D eigenvalue weighted by Gasteiger charge is 2.14. The van der Waals surface area contributed by atoms with E-state index in [0.29, 0.717) is 16.2 Å². The topological polar surface area (TPSA) is 46.0 Å². The van der Waals surface area contributed by atoms with Gasteiger partial charge in [-0.25, -0.2) is 9.49 Å². The summed E-state index contributed by atoms with van der Waals surface area (Å²) >= 11 is 5.26. The Balaban J connectivity index is 1.96. The summed E-state index contributed by atoms with van der Waals surface area (Å²) in [6.07, 6.45) is 1.56. The smallest absolute Gasteiger partial charge is 0.216 e. The average Bonchev–Trinajstić information content (AvgIpc) is 2.93. The highest BCUT2D eigenvalue weighted by molar-refractivity contribution is 7.71. The average molecular weight is 354 g/mol. The van der Waals surface area contributed by atoms with Crippen LogP contribution in [0, 0.1) is 10.6 Å². The first-order valence-corrected chi connectivity index (χ1v) is 8.34. The molecule has 3 rings (SSSR count). The molecular formula is C19H19FN4S. The van der Waals surface area contributed by atoms with Crippen molar-refractivity contribution < 1.29 is 4.39 Å². The SMILES string of the molecule is CC(C)(C)c1ccc(-c2n[nH]c(=S)n2/N=C/c2cccc(F)c2)cc1. The van der Waals surface area contributed by atoms with Crippen molar-refractivity contribution >= 4 is 18.4 Å². The fourth-order valence-electron chi connectivity index (χ4n) is 2.42. The number of aromatic amines is 1. The van der Waals surface area contributed by atoms with Crippen molar-refractivity contribution in [2.45, 2.75) is 26.2 Å². The maximum Gasteiger partial charge on any atom is 0.216 e. The van der Waals surface area contributed by atoms with Gasteiger partial charge in [0.25, 0.3) is 0 Å². The van der Waals surface area contributed by atoms with E-state index in [0.717, 1.165) is 5.56 Å². The summed E-state index contributed by atoms with van der Waals surface area (Å²) in [4.78, 5) is 0. The molecule has 0 bridgehead atoms. The molecule has 4 nitrogen and oxygen atoms in total. The molecule has 0 fully saturated rings. The molecule has 6 heteroatoms. The van der Waals surface area contributed by atoms with Crippen LogP contribution in [-0.2, 0) is 5.41 Å². The second-order valence-electron chi connectivity index (χ2n) is 6.79. The van der Waals surface area contributed by atoms with E-state index in [1.54, 1.807) is 18.3 Å². The molecule has 0 aliphatic rings. The van der Waals surface area contributed by atoms with E-state index in [-0.39, 0.29) is 11.2 Å². The molecule has 1 N–H and O–H groups in total. The molecule has 25 heavy (non-hydrogen) atoms. The zero-order valence-electron chi connectivity index (χ0n) is 14.3. The lowest BCUT2D eigenvalue weighted by Crippen LogP contribution is -2.10. The third kappa shape index (κ3) is 3.91. The summed E-state index contributed by atoms with van der Waals surface area (Å²) in [7, 11) is 0. The molecular weight excluding hydrogens is 335 g/mol. The molecule has 0 spiro atoms. The van der Waals surface area contributed by atoms with Gasteiger partial charge in [0.1, 0.15) is 5.82 Å². The second-order valence-corrected chi connectivity index (χ2v) is 7.18. The van der Waals surface area contributed by atoms with E-state index in [9.17, 15) is 4.39 Å². The van der Waals surface area contributed by atoms with Gasteiger partial charge in [0.2, 0.25) is 4.77 Å². The van der Waals surface area contributed by atoms with Crippen molar-refractivity contribution in [3.63, 3.8) is 0 Å². The fraction of sp³-hybridized carbons (Fsp3) is 0.211. The summed E-state index contributed by atoms with van der Waals surface area (Å²) in [5.41, 5.74) is 2.87. The van der Waals surface area contributed by atoms with Gasteiger partial charge in [0.05, 0.1) is 6.21 Å². The van der Waals surface area contributed by atoms with E-state index < -0.39 is 0 Å². The van der Waals surface area contributed by atoms with Crippen LogP contribution in [0.2, 0.25) is 0 Å². The second kappa shape index (κ2) is 6.72. The van der Waals surface area contributed by atoms with Crippen LogP contribution in [0.15, 0.2) is 53.6 Å². The Kier molecular flexibility index (Phi) is 4.63. The molecule has 128 valence electrons. The number of aromatic nitrogens is 3. The van der Waals surface area contributed by atoms with Gasteiger partial charge in [-0.15, -0.1) is 0 Å². The predicted molar refractivity (Wildman–Crippen MR) is 101 cm³/mol. The van der Waals surface area contributed by atoms with E-state index in [2.05, 4.69) is 48.2 Å². The van der Waals surface area contributed by atoms with E-state index >= 15 is 0 Å². The van der Waals surface area contributed by atoms with E-state index in [4.69, 9.17) is 12.2 Å². The normalized spacial score (nSPS) is 12.0. The van der Waals surface area contributed by atoms with Gasteiger partial charge in [-0.3, -0.25) is 0 Å². The first-order valence-electron chi connectivity index (χ1n) is 7.93. The van der Waals surface area contributed by atoms with Gasteiger partial charge in [-0.1, -0.05) is 57.2 Å². The van der Waals surface area contributed by atoms with Crippen LogP contribution in [0.1, 0.15) is 31.9 Å². The van der Waals surface area contributed by atoms with Crippen molar-refractivity contribution in [3.05, 3.63) is 70.2 Å². The van der Waals surface area contributed by atoms with Crippen molar-refractivity contribution in [3.8, 4) is 11.4 Å². The van der Waals surface area contributed by atoms with E-state index in [1.165, 1.54) is 22.4 Å². The Bertz CT molecular complexity index is 962. The van der Waals surface area contributed by atoms with Gasteiger partial charge < -0.3 is 0 Å². The molecule has 1 heterocycles. The molecule has 0 saturated heterocycles. The summed E-state index contributed by atoms with van der Waals surface area (Å²) in [5, 5.41) is 11.4. The van der Waals surface area contributed by atoms with Crippen LogP contribution in [0.5, 0.6) is 0 Å². The van der Waals surface area contributed by atoms with Gasteiger partial charge in [-0.05, 0) is 40.9 Å². The Morgan fingerprint density at radius 3 is 2.52 bits per heavy atom. The minimum absolute atomic E-state index is 0.0821. The molecule has 0 saturated carbocycles. The lowest BCUT2D eigenvalue weighted by molar-refractivity contribution is 0.590. The van der Waals surface area contributed by atoms with Crippen LogP contribution in [0.3, 0.4) is 0 Å². The third-order valence-corrected chi connectivity index (χ3v) is 4.09. The number of benzene rings is 2. The molecule has 0 radical (unpaired) electrons. The van der Waals surface area contributed by atoms with Crippen molar-refractivity contribution in [1.29, 1.82) is 0 Å². The number of halogens is 1. The molecule has 0 aliphatic carbocycles. The van der Waals surface area contributed by atoms with Crippen LogP contribution in [-0.4, -0.2) is 21.1 Å². The molecule has 0 aliphatic heterocycles. The van der Waals surface area contributed by atoms with Crippen LogP contribution in [0.4, 0.5) is 4.39 Å². The van der Waals surface area contributed by atoms with Gasteiger partial charge in [0, 0.05) is 5.56 Å². The van der Waals surface area contributed by atoms with Crippen LogP contribution in [0.25, 0.3) is 11.4 Å². The van der Waals surface area contributed by atoms with Gasteiger partial charge in [-0.2, -0.15) is 14.9 Å². The predicted octanol–water partition coefficient (Wildman–Crippen LogP) is 4.93. The molecule has 0 atom stereocenters. The quantitative estimate of drug-likeness (QED) is 0.536. The van der Waals surface area contributed by atoms with Crippen LogP contribution >= 0.6 is 12.2 Å². The molecule has 1 aromatic heterocycles. The maximum atomic E-state index is 13.3. The summed E-state index contributed by atoms with van der Waals surface area (Å²) in [5.74, 6) is 0.302. The van der Waals surface area contributed by atoms with E-state index in [1.807, 2.05) is 12.1 Å². The number of nitrogens with zero attached hydrogens (tertiary/aromatic N) is 3. The lowest BCUT2D eigenvalue weighted by atomic mass is 9.87. The van der Waals surface area contributed by atoms with Gasteiger partial charge >= 0.3 is 0 Å². The highest BCUT2D eigenvalue weighted by Crippen LogP contribution is 2.25. The Hall–Kier alpha value is -2.60. The minimum atomic E-state index is -0.308. The first-order chi connectivity index (χ1) is 11.8.